The van der Waals surface area contributed by atoms with Crippen molar-refractivity contribution in [2.24, 2.45) is 11.7 Å². The van der Waals surface area contributed by atoms with Crippen LogP contribution < -0.4 is 15.2 Å². The van der Waals surface area contributed by atoms with Crippen molar-refractivity contribution in [3.8, 4) is 11.5 Å². The molecule has 0 heterocycles. The van der Waals surface area contributed by atoms with Crippen LogP contribution in [-0.4, -0.2) is 32.0 Å². The predicted octanol–water partition coefficient (Wildman–Crippen LogP) is 2.54. The molecule has 0 saturated heterocycles. The Balaban J connectivity index is 2.94. The third kappa shape index (κ3) is 4.12. The van der Waals surface area contributed by atoms with Crippen molar-refractivity contribution in [1.82, 2.24) is 0 Å². The third-order valence-electron chi connectivity index (χ3n) is 3.89. The highest BCUT2D eigenvalue weighted by atomic mass is 16.5. The number of hydrogen-bond donors (Lipinski definition) is 2. The summed E-state index contributed by atoms with van der Waals surface area (Å²) in [5.74, 6) is 1.76. The highest BCUT2D eigenvalue weighted by molar-refractivity contribution is 5.44. The molecule has 1 aromatic rings. The number of aliphatic hydroxyl groups is 1. The second kappa shape index (κ2) is 8.12. The zero-order chi connectivity index (χ0) is 15.1. The zero-order valence-electron chi connectivity index (χ0n) is 12.9. The summed E-state index contributed by atoms with van der Waals surface area (Å²) in [6.07, 6.45) is 1.38. The van der Waals surface area contributed by atoms with Gasteiger partial charge in [0, 0.05) is 12.5 Å². The van der Waals surface area contributed by atoms with Gasteiger partial charge in [-0.2, -0.15) is 0 Å². The van der Waals surface area contributed by atoms with Crippen molar-refractivity contribution in [3.63, 3.8) is 0 Å². The molecule has 4 heteroatoms. The highest BCUT2D eigenvalue weighted by Crippen LogP contribution is 2.32. The molecule has 4 nitrogen and oxygen atoms in total. The number of rotatable bonds is 8. The average Bonchev–Trinajstić information content (AvgIpc) is 2.47. The quantitative estimate of drug-likeness (QED) is 0.768. The van der Waals surface area contributed by atoms with E-state index in [1.807, 2.05) is 18.2 Å². The largest absolute Gasteiger partial charge is 0.493 e. The van der Waals surface area contributed by atoms with E-state index in [1.165, 1.54) is 0 Å². The van der Waals surface area contributed by atoms with E-state index in [0.717, 1.165) is 18.4 Å². The third-order valence-corrected chi connectivity index (χ3v) is 3.89. The summed E-state index contributed by atoms with van der Waals surface area (Å²) in [6, 6.07) is 5.70. The van der Waals surface area contributed by atoms with E-state index in [1.54, 1.807) is 14.2 Å². The van der Waals surface area contributed by atoms with Crippen LogP contribution in [0.2, 0.25) is 0 Å². The monoisotopic (exact) mass is 281 g/mol. The number of hydrogen-bond acceptors (Lipinski definition) is 4. The second-order valence-corrected chi connectivity index (χ2v) is 5.27. The van der Waals surface area contributed by atoms with Crippen LogP contribution in [0.25, 0.3) is 0 Å². The molecule has 0 amide bonds. The minimum absolute atomic E-state index is 0.0798. The number of aliphatic hydroxyl groups excluding tert-OH is 1. The average molecular weight is 281 g/mol. The summed E-state index contributed by atoms with van der Waals surface area (Å²) in [7, 11) is 3.21. The van der Waals surface area contributed by atoms with Gasteiger partial charge in [0.15, 0.2) is 11.5 Å². The fourth-order valence-corrected chi connectivity index (χ4v) is 2.34. The maximum Gasteiger partial charge on any atom is 0.160 e. The molecule has 1 rings (SSSR count). The van der Waals surface area contributed by atoms with Crippen molar-refractivity contribution in [1.29, 1.82) is 0 Å². The van der Waals surface area contributed by atoms with Crippen molar-refractivity contribution in [2.75, 3.05) is 20.8 Å². The van der Waals surface area contributed by atoms with Crippen molar-refractivity contribution in [3.05, 3.63) is 23.8 Å². The van der Waals surface area contributed by atoms with Crippen LogP contribution in [0.15, 0.2) is 18.2 Å². The normalized spacial score (nSPS) is 15.5. The van der Waals surface area contributed by atoms with E-state index >= 15 is 0 Å². The van der Waals surface area contributed by atoms with E-state index in [4.69, 9.17) is 15.2 Å². The zero-order valence-corrected chi connectivity index (χ0v) is 12.9. The second-order valence-electron chi connectivity index (χ2n) is 5.27. The van der Waals surface area contributed by atoms with Crippen molar-refractivity contribution in [2.45, 2.75) is 38.7 Å². The maximum atomic E-state index is 10.4. The molecule has 1 aromatic carbocycles. The van der Waals surface area contributed by atoms with Gasteiger partial charge in [-0.15, -0.1) is 0 Å². The Bertz CT molecular complexity index is 409. The van der Waals surface area contributed by atoms with Crippen LogP contribution in [-0.2, 0) is 0 Å². The van der Waals surface area contributed by atoms with Gasteiger partial charge in [-0.1, -0.05) is 26.3 Å². The molecular formula is C16H27NO3. The van der Waals surface area contributed by atoms with Gasteiger partial charge in [-0.3, -0.25) is 0 Å². The first kappa shape index (κ1) is 16.8. The Morgan fingerprint density at radius 1 is 1.20 bits per heavy atom. The van der Waals surface area contributed by atoms with E-state index in [9.17, 15) is 5.11 Å². The van der Waals surface area contributed by atoms with Crippen LogP contribution >= 0.6 is 0 Å². The first-order chi connectivity index (χ1) is 9.57. The van der Waals surface area contributed by atoms with Crippen molar-refractivity contribution >= 4 is 0 Å². The first-order valence-corrected chi connectivity index (χ1v) is 7.17. The molecule has 0 radical (unpaired) electrons. The van der Waals surface area contributed by atoms with Crippen molar-refractivity contribution < 1.29 is 14.6 Å². The maximum absolute atomic E-state index is 10.4. The summed E-state index contributed by atoms with van der Waals surface area (Å²) in [5, 5.41) is 10.4. The summed E-state index contributed by atoms with van der Waals surface area (Å²) in [4.78, 5) is 0. The molecule has 3 atom stereocenters. The Morgan fingerprint density at radius 3 is 2.35 bits per heavy atom. The Hall–Kier alpha value is -1.26. The smallest absolute Gasteiger partial charge is 0.160 e. The summed E-state index contributed by atoms with van der Waals surface area (Å²) < 4.78 is 10.5. The summed E-state index contributed by atoms with van der Waals surface area (Å²) in [5.41, 5.74) is 6.84. The highest BCUT2D eigenvalue weighted by Gasteiger charge is 2.22. The molecule has 0 fully saturated rings. The van der Waals surface area contributed by atoms with Gasteiger partial charge in [0.1, 0.15) is 0 Å². The molecule has 0 aliphatic rings. The van der Waals surface area contributed by atoms with Gasteiger partial charge in [0.25, 0.3) is 0 Å². The SMILES string of the molecule is CCC(C)CC(O)C(CN)c1ccc(OC)c(OC)c1. The van der Waals surface area contributed by atoms with E-state index in [-0.39, 0.29) is 5.92 Å². The fraction of sp³-hybridized carbons (Fsp3) is 0.625. The molecule has 114 valence electrons. The van der Waals surface area contributed by atoms with Crippen LogP contribution in [0.1, 0.15) is 38.2 Å². The summed E-state index contributed by atoms with van der Waals surface area (Å²) in [6.45, 7) is 4.68. The predicted molar refractivity (Wildman–Crippen MR) is 81.4 cm³/mol. The van der Waals surface area contributed by atoms with E-state index in [0.29, 0.717) is 24.0 Å². The van der Waals surface area contributed by atoms with Gasteiger partial charge >= 0.3 is 0 Å². The lowest BCUT2D eigenvalue weighted by Gasteiger charge is -2.25. The minimum Gasteiger partial charge on any atom is -0.493 e. The Morgan fingerprint density at radius 2 is 1.85 bits per heavy atom. The number of benzene rings is 1. The lowest BCUT2D eigenvalue weighted by Crippen LogP contribution is -2.27. The molecular weight excluding hydrogens is 254 g/mol. The van der Waals surface area contributed by atoms with E-state index < -0.39 is 6.10 Å². The number of ether oxygens (including phenoxy) is 2. The summed E-state index contributed by atoms with van der Waals surface area (Å²) >= 11 is 0. The van der Waals surface area contributed by atoms with Crippen LogP contribution in [0.4, 0.5) is 0 Å². The van der Waals surface area contributed by atoms with Crippen LogP contribution in [0.5, 0.6) is 11.5 Å². The molecule has 0 bridgehead atoms. The van der Waals surface area contributed by atoms with Gasteiger partial charge in [0.2, 0.25) is 0 Å². The molecule has 0 spiro atoms. The van der Waals surface area contributed by atoms with Crippen LogP contribution in [0.3, 0.4) is 0 Å². The molecule has 20 heavy (non-hydrogen) atoms. The number of methoxy groups -OCH3 is 2. The van der Waals surface area contributed by atoms with Gasteiger partial charge in [-0.05, 0) is 30.0 Å². The Kier molecular flexibility index (Phi) is 6.82. The minimum atomic E-state index is -0.437. The topological polar surface area (TPSA) is 64.7 Å². The van der Waals surface area contributed by atoms with Crippen LogP contribution in [0, 0.1) is 5.92 Å². The molecule has 3 unspecified atom stereocenters. The lowest BCUT2D eigenvalue weighted by atomic mass is 9.87. The molecule has 0 saturated carbocycles. The fourth-order valence-electron chi connectivity index (χ4n) is 2.34. The molecule has 3 N–H and O–H groups in total. The van der Waals surface area contributed by atoms with Gasteiger partial charge < -0.3 is 20.3 Å². The first-order valence-electron chi connectivity index (χ1n) is 7.17. The molecule has 0 aliphatic heterocycles. The molecule has 0 aromatic heterocycles. The lowest BCUT2D eigenvalue weighted by molar-refractivity contribution is 0.117. The number of nitrogens with two attached hydrogens (primary N) is 1. The Labute approximate surface area is 121 Å². The van der Waals surface area contributed by atoms with Gasteiger partial charge in [-0.25, -0.2) is 0 Å². The van der Waals surface area contributed by atoms with Gasteiger partial charge in [0.05, 0.1) is 20.3 Å². The standard InChI is InChI=1S/C16H27NO3/c1-5-11(2)8-14(18)13(10-17)12-6-7-15(19-3)16(9-12)20-4/h6-7,9,11,13-14,18H,5,8,10,17H2,1-4H3. The van der Waals surface area contributed by atoms with E-state index in [2.05, 4.69) is 13.8 Å². The molecule has 0 aliphatic carbocycles.